The van der Waals surface area contributed by atoms with Crippen molar-refractivity contribution >= 4 is 0 Å². The molecule has 4 bridgehead atoms. The first-order chi connectivity index (χ1) is 17.4. The Hall–Kier alpha value is -1.54. The van der Waals surface area contributed by atoms with Crippen molar-refractivity contribution in [1.29, 1.82) is 0 Å². The van der Waals surface area contributed by atoms with Crippen LogP contribution in [-0.2, 0) is 17.6 Å². The summed E-state index contributed by atoms with van der Waals surface area (Å²) in [6, 6.07) is 5.85. The summed E-state index contributed by atoms with van der Waals surface area (Å²) in [4.78, 5) is 0. The van der Waals surface area contributed by atoms with Gasteiger partial charge in [-0.2, -0.15) is 0 Å². The molecule has 0 radical (unpaired) electrons. The third-order valence-corrected chi connectivity index (χ3v) is 11.3. The number of rotatable bonds is 3. The van der Waals surface area contributed by atoms with Crippen LogP contribution in [0.15, 0.2) is 18.2 Å². The van der Waals surface area contributed by atoms with Crippen LogP contribution in [0.2, 0.25) is 0 Å². The van der Waals surface area contributed by atoms with Crippen LogP contribution in [0.5, 0.6) is 5.75 Å². The van der Waals surface area contributed by atoms with Gasteiger partial charge >= 0.3 is 0 Å². The second-order valence-electron chi connectivity index (χ2n) is 13.1. The number of aliphatic hydroxyl groups excluding tert-OH is 1. The molecule has 2 saturated heterocycles. The summed E-state index contributed by atoms with van der Waals surface area (Å²) in [5.41, 5.74) is 8.94. The fraction of sp³-hybridized carbons (Fsp3) is 0.750. The van der Waals surface area contributed by atoms with E-state index in [0.717, 1.165) is 24.8 Å². The van der Waals surface area contributed by atoms with Crippen LogP contribution in [0, 0.1) is 41.4 Å². The highest BCUT2D eigenvalue weighted by Gasteiger charge is 2.70. The average Bonchev–Trinajstić information content (AvgIpc) is 2.89. The van der Waals surface area contributed by atoms with E-state index in [1.807, 2.05) is 12.1 Å². The van der Waals surface area contributed by atoms with E-state index in [0.29, 0.717) is 36.3 Å². The van der Waals surface area contributed by atoms with Crippen LogP contribution in [0.3, 0.4) is 0 Å². The first-order valence-electron chi connectivity index (χ1n) is 14.8. The zero-order chi connectivity index (χ0) is 25.0. The second-order valence-corrected chi connectivity index (χ2v) is 13.1. The molecule has 7 atom stereocenters. The molecule has 36 heavy (non-hydrogen) atoms. The van der Waals surface area contributed by atoms with Crippen molar-refractivity contribution in [2.75, 3.05) is 6.61 Å². The Morgan fingerprint density at radius 3 is 2.64 bits per heavy atom. The Kier molecular flexibility index (Phi) is 6.42. The zero-order valence-corrected chi connectivity index (χ0v) is 22.1. The molecule has 2 aliphatic heterocycles. The molecular formula is C32H45NO3. The van der Waals surface area contributed by atoms with Crippen molar-refractivity contribution < 1.29 is 14.9 Å². The van der Waals surface area contributed by atoms with Crippen LogP contribution in [0.25, 0.3) is 0 Å². The van der Waals surface area contributed by atoms with Gasteiger partial charge in [-0.1, -0.05) is 50.0 Å². The highest BCUT2D eigenvalue weighted by molar-refractivity contribution is 5.39. The molecule has 4 heteroatoms. The molecular weight excluding hydrogens is 446 g/mol. The zero-order valence-electron chi connectivity index (χ0n) is 22.1. The Morgan fingerprint density at radius 1 is 1.03 bits per heavy atom. The molecule has 4 N–H and O–H groups in total. The van der Waals surface area contributed by atoms with Crippen molar-refractivity contribution in [2.24, 2.45) is 35.3 Å². The molecule has 6 aliphatic rings. The maximum Gasteiger partial charge on any atom is 0.115 e. The van der Waals surface area contributed by atoms with Crippen LogP contribution >= 0.6 is 0 Å². The van der Waals surface area contributed by atoms with E-state index in [1.165, 1.54) is 63.4 Å². The molecule has 0 amide bonds. The summed E-state index contributed by atoms with van der Waals surface area (Å²) < 4.78 is 7.60. The maximum atomic E-state index is 10.3. The normalized spacial score (nSPS) is 42.4. The Bertz CT molecular complexity index is 1040. The number of benzene rings is 1. The minimum absolute atomic E-state index is 0.0600. The number of hydrogen-bond acceptors (Lipinski definition) is 4. The number of phenolic OH excluding ortho intramolecular Hbond substituents is 1. The standard InChI is InChI=1S/C32H45NO3/c1-30(25-9-3-2-4-10-25)28-15-16-32(36-30)26-11-5-7-22(20-26)19-24-13-14-27(35)21-23(24)8-6-12-29(32)31(28,33)17-18-34/h13-14,21-22,25-26,28-29,34-35H,2-5,7-11,15-20,33H2,1H3/t22-,26-,28+,29-,30-,31-,32-/m1/s1. The van der Waals surface area contributed by atoms with Crippen LogP contribution in [-0.4, -0.2) is 33.6 Å². The van der Waals surface area contributed by atoms with Gasteiger partial charge in [-0.25, -0.2) is 0 Å². The number of hydrogen-bond donors (Lipinski definition) is 3. The van der Waals surface area contributed by atoms with E-state index in [1.54, 1.807) is 0 Å². The molecule has 196 valence electrons. The van der Waals surface area contributed by atoms with Gasteiger partial charge in [0.15, 0.2) is 0 Å². The lowest BCUT2D eigenvalue weighted by Crippen LogP contribution is -2.79. The van der Waals surface area contributed by atoms with Gasteiger partial charge in [0.1, 0.15) is 5.75 Å². The van der Waals surface area contributed by atoms with Gasteiger partial charge in [0, 0.05) is 24.5 Å². The summed E-state index contributed by atoms with van der Waals surface area (Å²) in [6.45, 7) is 2.49. The number of nitrogens with two attached hydrogens (primary N) is 1. The SMILES string of the molecule is C[C@]1(C2CCCCC2)O[C@@]23CC[C@@H]1[C@](N)(CCO)[C@H]2C#CCc1cc(O)ccc1C[C@H]1CCC[C@@H]3C1. The van der Waals surface area contributed by atoms with Crippen LogP contribution < -0.4 is 5.73 Å². The Labute approximate surface area is 217 Å². The van der Waals surface area contributed by atoms with Crippen LogP contribution in [0.4, 0.5) is 0 Å². The van der Waals surface area contributed by atoms with E-state index < -0.39 is 5.54 Å². The number of aromatic hydroxyl groups is 1. The molecule has 0 aromatic heterocycles. The second kappa shape index (κ2) is 9.33. The van der Waals surface area contributed by atoms with Crippen molar-refractivity contribution in [3.05, 3.63) is 29.3 Å². The molecule has 0 unspecified atom stereocenters. The number of ether oxygens (including phenoxy) is 1. The quantitative estimate of drug-likeness (QED) is 0.487. The highest BCUT2D eigenvalue weighted by atomic mass is 16.5. The topological polar surface area (TPSA) is 75.7 Å². The van der Waals surface area contributed by atoms with Gasteiger partial charge in [0.2, 0.25) is 0 Å². The van der Waals surface area contributed by atoms with E-state index >= 15 is 0 Å². The smallest absolute Gasteiger partial charge is 0.115 e. The van der Waals surface area contributed by atoms with Crippen molar-refractivity contribution in [2.45, 2.75) is 114 Å². The molecule has 3 saturated carbocycles. The third-order valence-electron chi connectivity index (χ3n) is 11.3. The first kappa shape index (κ1) is 24.8. The van der Waals surface area contributed by atoms with Crippen molar-refractivity contribution in [3.63, 3.8) is 0 Å². The average molecular weight is 492 g/mol. The van der Waals surface area contributed by atoms with Gasteiger partial charge < -0.3 is 20.7 Å². The summed E-state index contributed by atoms with van der Waals surface area (Å²) in [6.07, 6.45) is 15.7. The van der Waals surface area contributed by atoms with E-state index in [4.69, 9.17) is 10.5 Å². The molecule has 1 aromatic rings. The lowest BCUT2D eigenvalue weighted by Gasteiger charge is -2.70. The predicted molar refractivity (Wildman–Crippen MR) is 142 cm³/mol. The largest absolute Gasteiger partial charge is 0.508 e. The third kappa shape index (κ3) is 3.84. The minimum atomic E-state index is -0.535. The highest BCUT2D eigenvalue weighted by Crippen LogP contribution is 2.64. The summed E-state index contributed by atoms with van der Waals surface area (Å²) in [5, 5.41) is 20.5. The van der Waals surface area contributed by atoms with Gasteiger partial charge in [-0.15, -0.1) is 0 Å². The summed E-state index contributed by atoms with van der Waals surface area (Å²) >= 11 is 0. The fourth-order valence-electron chi connectivity index (χ4n) is 9.64. The molecule has 4 aliphatic carbocycles. The summed E-state index contributed by atoms with van der Waals surface area (Å²) in [7, 11) is 0. The van der Waals surface area contributed by atoms with E-state index in [2.05, 4.69) is 24.8 Å². The lowest BCUT2D eigenvalue weighted by atomic mass is 9.46. The molecule has 1 spiro atoms. The first-order valence-corrected chi connectivity index (χ1v) is 14.8. The van der Waals surface area contributed by atoms with Crippen molar-refractivity contribution in [1.82, 2.24) is 0 Å². The Balaban J connectivity index is 1.47. The molecule has 5 fully saturated rings. The van der Waals surface area contributed by atoms with Gasteiger partial charge in [0.25, 0.3) is 0 Å². The number of fused-ring (bicyclic) bond motifs is 5. The predicted octanol–water partition coefficient (Wildman–Crippen LogP) is 5.51. The minimum Gasteiger partial charge on any atom is -0.508 e. The summed E-state index contributed by atoms with van der Waals surface area (Å²) in [5.74, 6) is 9.38. The van der Waals surface area contributed by atoms with Crippen molar-refractivity contribution in [3.8, 4) is 17.6 Å². The molecule has 1 aromatic carbocycles. The van der Waals surface area contributed by atoms with Gasteiger partial charge in [0.05, 0.1) is 17.1 Å². The molecule has 7 rings (SSSR count). The lowest BCUT2D eigenvalue weighted by molar-refractivity contribution is -0.329. The number of phenols is 1. The maximum absolute atomic E-state index is 10.3. The van der Waals surface area contributed by atoms with E-state index in [-0.39, 0.29) is 29.6 Å². The van der Waals surface area contributed by atoms with Gasteiger partial charge in [-0.3, -0.25) is 0 Å². The number of aliphatic hydroxyl groups is 1. The molecule has 2 heterocycles. The Morgan fingerprint density at radius 2 is 1.83 bits per heavy atom. The van der Waals surface area contributed by atoms with Crippen LogP contribution in [0.1, 0.15) is 95.1 Å². The molecule has 4 nitrogen and oxygen atoms in total. The van der Waals surface area contributed by atoms with Gasteiger partial charge in [-0.05, 0) is 99.3 Å². The monoisotopic (exact) mass is 491 g/mol. The van der Waals surface area contributed by atoms with E-state index in [9.17, 15) is 10.2 Å². The fourth-order valence-corrected chi connectivity index (χ4v) is 9.64.